The van der Waals surface area contributed by atoms with Crippen molar-refractivity contribution >= 4 is 27.5 Å². The topological polar surface area (TPSA) is 77.1 Å². The van der Waals surface area contributed by atoms with E-state index >= 15 is 0 Å². The van der Waals surface area contributed by atoms with Crippen molar-refractivity contribution in [2.24, 2.45) is 0 Å². The molecule has 0 spiro atoms. The number of nitrogens with two attached hydrogens (primary N) is 1. The highest BCUT2D eigenvalue weighted by Crippen LogP contribution is 2.16. The van der Waals surface area contributed by atoms with Crippen LogP contribution in [0.3, 0.4) is 0 Å². The largest absolute Gasteiger partial charge is 0.397 e. The predicted molar refractivity (Wildman–Crippen MR) is 70.9 cm³/mol. The molecule has 0 saturated carbocycles. The number of rotatable bonds is 4. The van der Waals surface area contributed by atoms with Crippen molar-refractivity contribution < 1.29 is 4.79 Å². The van der Waals surface area contributed by atoms with Gasteiger partial charge in [0.1, 0.15) is 0 Å². The average Bonchev–Trinajstić information content (AvgIpc) is 2.30. The lowest BCUT2D eigenvalue weighted by Gasteiger charge is -2.10. The summed E-state index contributed by atoms with van der Waals surface area (Å²) in [4.78, 5) is 23.1. The minimum Gasteiger partial charge on any atom is -0.397 e. The van der Waals surface area contributed by atoms with E-state index in [1.54, 1.807) is 13.1 Å². The number of nitrogens with one attached hydrogen (secondary N) is 1. The number of hydrogen-bond donors (Lipinski definition) is 2. The summed E-state index contributed by atoms with van der Waals surface area (Å²) in [6.07, 6.45) is 1.84. The van der Waals surface area contributed by atoms with Crippen LogP contribution in [0.25, 0.3) is 0 Å². The highest BCUT2D eigenvalue weighted by atomic mass is 79.9. The third-order valence-corrected chi connectivity index (χ3v) is 3.39. The lowest BCUT2D eigenvalue weighted by molar-refractivity contribution is -0.121. The summed E-state index contributed by atoms with van der Waals surface area (Å²) in [5, 5.41) is 2.68. The molecule has 1 aromatic rings. The van der Waals surface area contributed by atoms with Crippen LogP contribution in [0.15, 0.2) is 15.5 Å². The maximum absolute atomic E-state index is 11.8. The second kappa shape index (κ2) is 5.86. The van der Waals surface area contributed by atoms with Gasteiger partial charge in [0.25, 0.3) is 5.56 Å². The molecule has 1 heterocycles. The Morgan fingerprint density at radius 1 is 1.59 bits per heavy atom. The number of nitrogen functional groups attached to an aromatic ring is 1. The SMILES string of the molecule is CCNC(=O)CCn1cc(N)c(C)c(Br)c1=O. The predicted octanol–water partition coefficient (Wildman–Crippen LogP) is 1.03. The summed E-state index contributed by atoms with van der Waals surface area (Å²) in [5.74, 6) is -0.0744. The highest BCUT2D eigenvalue weighted by molar-refractivity contribution is 9.10. The molecule has 0 aliphatic rings. The Labute approximate surface area is 108 Å². The molecule has 5 nitrogen and oxygen atoms in total. The minimum absolute atomic E-state index is 0.0744. The number of carbonyl (C=O) groups excluding carboxylic acids is 1. The van der Waals surface area contributed by atoms with Gasteiger partial charge in [-0.25, -0.2) is 0 Å². The lowest BCUT2D eigenvalue weighted by atomic mass is 10.2. The second-order valence-electron chi connectivity index (χ2n) is 3.73. The molecule has 0 saturated heterocycles. The van der Waals surface area contributed by atoms with Crippen LogP contribution < -0.4 is 16.6 Å². The standard InChI is InChI=1S/C11H16BrN3O2/c1-3-14-9(16)4-5-15-6-8(13)7(2)10(12)11(15)17/h6H,3-5,13H2,1-2H3,(H,14,16). The Morgan fingerprint density at radius 3 is 2.82 bits per heavy atom. The fourth-order valence-electron chi connectivity index (χ4n) is 1.41. The van der Waals surface area contributed by atoms with E-state index in [0.29, 0.717) is 23.2 Å². The maximum atomic E-state index is 11.8. The van der Waals surface area contributed by atoms with Crippen LogP contribution in [0.4, 0.5) is 5.69 Å². The zero-order chi connectivity index (χ0) is 13.0. The normalized spacial score (nSPS) is 10.3. The first-order chi connectivity index (χ1) is 7.97. The number of pyridine rings is 1. The molecule has 94 valence electrons. The van der Waals surface area contributed by atoms with Crippen molar-refractivity contribution in [3.63, 3.8) is 0 Å². The van der Waals surface area contributed by atoms with Gasteiger partial charge >= 0.3 is 0 Å². The van der Waals surface area contributed by atoms with Gasteiger partial charge in [-0.2, -0.15) is 0 Å². The maximum Gasteiger partial charge on any atom is 0.265 e. The van der Waals surface area contributed by atoms with Gasteiger partial charge in [0.05, 0.1) is 10.2 Å². The first-order valence-corrected chi connectivity index (χ1v) is 6.18. The van der Waals surface area contributed by atoms with Gasteiger partial charge in [-0.15, -0.1) is 0 Å². The molecule has 0 radical (unpaired) electrons. The molecule has 0 unspecified atom stereocenters. The average molecular weight is 302 g/mol. The molecule has 0 aliphatic carbocycles. The molecule has 0 aliphatic heterocycles. The van der Waals surface area contributed by atoms with Gasteiger partial charge in [-0.05, 0) is 35.3 Å². The molecule has 1 amide bonds. The molecule has 1 rings (SSSR count). The number of aromatic nitrogens is 1. The van der Waals surface area contributed by atoms with Gasteiger partial charge < -0.3 is 15.6 Å². The monoisotopic (exact) mass is 301 g/mol. The van der Waals surface area contributed by atoms with E-state index in [1.165, 1.54) is 4.57 Å². The fourth-order valence-corrected chi connectivity index (χ4v) is 1.87. The van der Waals surface area contributed by atoms with E-state index in [-0.39, 0.29) is 17.9 Å². The van der Waals surface area contributed by atoms with Gasteiger partial charge in [-0.3, -0.25) is 9.59 Å². The zero-order valence-electron chi connectivity index (χ0n) is 9.92. The summed E-state index contributed by atoms with van der Waals surface area (Å²) in [6, 6.07) is 0. The lowest BCUT2D eigenvalue weighted by Crippen LogP contribution is -2.28. The van der Waals surface area contributed by atoms with E-state index < -0.39 is 0 Å². The molecule has 3 N–H and O–H groups in total. The van der Waals surface area contributed by atoms with Crippen LogP contribution in [-0.4, -0.2) is 17.0 Å². The first-order valence-electron chi connectivity index (χ1n) is 5.39. The third kappa shape index (κ3) is 3.33. The number of carbonyl (C=O) groups is 1. The van der Waals surface area contributed by atoms with Gasteiger partial charge in [0.2, 0.25) is 5.91 Å². The van der Waals surface area contributed by atoms with E-state index in [0.717, 1.165) is 5.56 Å². The molecular weight excluding hydrogens is 286 g/mol. The van der Waals surface area contributed by atoms with Crippen molar-refractivity contribution in [1.82, 2.24) is 9.88 Å². The Hall–Kier alpha value is -1.30. The molecule has 0 aromatic carbocycles. The fraction of sp³-hybridized carbons (Fsp3) is 0.455. The summed E-state index contributed by atoms with van der Waals surface area (Å²) in [7, 11) is 0. The number of halogens is 1. The summed E-state index contributed by atoms with van der Waals surface area (Å²) in [6.45, 7) is 4.54. The van der Waals surface area contributed by atoms with Crippen LogP contribution in [0.1, 0.15) is 18.9 Å². The van der Waals surface area contributed by atoms with Gasteiger partial charge in [0, 0.05) is 25.7 Å². The Kier molecular flexibility index (Phi) is 4.74. The minimum atomic E-state index is -0.166. The van der Waals surface area contributed by atoms with Crippen LogP contribution in [0, 0.1) is 6.92 Å². The number of hydrogen-bond acceptors (Lipinski definition) is 3. The summed E-state index contributed by atoms with van der Waals surface area (Å²) >= 11 is 3.20. The summed E-state index contributed by atoms with van der Waals surface area (Å²) in [5.41, 5.74) is 6.86. The molecule has 1 aromatic heterocycles. The van der Waals surface area contributed by atoms with Crippen LogP contribution in [-0.2, 0) is 11.3 Å². The van der Waals surface area contributed by atoms with Crippen LogP contribution >= 0.6 is 15.9 Å². The van der Waals surface area contributed by atoms with Crippen molar-refractivity contribution in [2.45, 2.75) is 26.8 Å². The van der Waals surface area contributed by atoms with Crippen molar-refractivity contribution in [1.29, 1.82) is 0 Å². The molecule has 17 heavy (non-hydrogen) atoms. The quantitative estimate of drug-likeness (QED) is 0.872. The van der Waals surface area contributed by atoms with Crippen molar-refractivity contribution in [3.05, 3.63) is 26.6 Å². The second-order valence-corrected chi connectivity index (χ2v) is 4.52. The van der Waals surface area contributed by atoms with E-state index in [9.17, 15) is 9.59 Å². The van der Waals surface area contributed by atoms with Crippen molar-refractivity contribution in [3.8, 4) is 0 Å². The summed E-state index contributed by atoms with van der Waals surface area (Å²) < 4.78 is 1.90. The Balaban J connectivity index is 2.86. The van der Waals surface area contributed by atoms with E-state index in [2.05, 4.69) is 21.2 Å². The van der Waals surface area contributed by atoms with E-state index in [1.807, 2.05) is 6.92 Å². The van der Waals surface area contributed by atoms with Crippen molar-refractivity contribution in [2.75, 3.05) is 12.3 Å². The molecule has 0 atom stereocenters. The van der Waals surface area contributed by atoms with Crippen LogP contribution in [0.5, 0.6) is 0 Å². The Bertz CT molecular complexity index is 482. The smallest absolute Gasteiger partial charge is 0.265 e. The van der Waals surface area contributed by atoms with Gasteiger partial charge in [0.15, 0.2) is 0 Å². The van der Waals surface area contributed by atoms with E-state index in [4.69, 9.17) is 5.73 Å². The van der Waals surface area contributed by atoms with Gasteiger partial charge in [-0.1, -0.05) is 0 Å². The third-order valence-electron chi connectivity index (χ3n) is 2.46. The molecule has 0 bridgehead atoms. The number of nitrogens with zero attached hydrogens (tertiary/aromatic N) is 1. The molecular formula is C11H16BrN3O2. The van der Waals surface area contributed by atoms with Crippen LogP contribution in [0.2, 0.25) is 0 Å². The molecule has 0 fully saturated rings. The zero-order valence-corrected chi connectivity index (χ0v) is 11.5. The first kappa shape index (κ1) is 13.8. The Morgan fingerprint density at radius 2 is 2.24 bits per heavy atom. The number of amides is 1. The number of anilines is 1. The number of aryl methyl sites for hydroxylation is 1. The molecule has 6 heteroatoms. The highest BCUT2D eigenvalue weighted by Gasteiger charge is 2.09.